The molecule has 1 fully saturated rings. The van der Waals surface area contributed by atoms with Gasteiger partial charge < -0.3 is 5.11 Å². The molecule has 0 atom stereocenters. The van der Waals surface area contributed by atoms with Crippen molar-refractivity contribution in [1.29, 1.82) is 0 Å². The van der Waals surface area contributed by atoms with Crippen molar-refractivity contribution in [3.05, 3.63) is 64.7 Å². The Morgan fingerprint density at radius 1 is 1.16 bits per heavy atom. The van der Waals surface area contributed by atoms with Crippen LogP contribution in [0.4, 0.5) is 0 Å². The largest absolute Gasteiger partial charge is 0.481 e. The standard InChI is InChI=1S/C18H18ClNO4S/c19-15-3-1-2-13(12-15)8-11-20-25(23,24)16-6-4-14(5-7-16)18(9-10-18)17(21)22/h1-7,12,20H,8-11H2,(H,21,22). The summed E-state index contributed by atoms with van der Waals surface area (Å²) in [7, 11) is -3.63. The summed E-state index contributed by atoms with van der Waals surface area (Å²) in [6.45, 7) is 0.253. The zero-order valence-corrected chi connectivity index (χ0v) is 15.0. The van der Waals surface area contributed by atoms with Crippen molar-refractivity contribution in [2.24, 2.45) is 0 Å². The number of sulfonamides is 1. The number of benzene rings is 2. The number of hydrogen-bond acceptors (Lipinski definition) is 3. The molecular weight excluding hydrogens is 362 g/mol. The fourth-order valence-electron chi connectivity index (χ4n) is 2.81. The van der Waals surface area contributed by atoms with E-state index in [4.69, 9.17) is 11.6 Å². The molecule has 1 aliphatic carbocycles. The molecule has 1 aliphatic rings. The highest BCUT2D eigenvalue weighted by Gasteiger charge is 2.51. The number of halogens is 1. The smallest absolute Gasteiger partial charge is 0.314 e. The van der Waals surface area contributed by atoms with Gasteiger partial charge in [-0.1, -0.05) is 35.9 Å². The van der Waals surface area contributed by atoms with Crippen molar-refractivity contribution in [2.75, 3.05) is 6.54 Å². The summed E-state index contributed by atoms with van der Waals surface area (Å²) < 4.78 is 27.2. The first kappa shape index (κ1) is 17.9. The second kappa shape index (κ2) is 6.78. The SMILES string of the molecule is O=C(O)C1(c2ccc(S(=O)(=O)NCCc3cccc(Cl)c3)cc2)CC1. The minimum Gasteiger partial charge on any atom is -0.481 e. The number of aliphatic carboxylic acids is 1. The van der Waals surface area contributed by atoms with Crippen LogP contribution in [0, 0.1) is 0 Å². The molecule has 2 aromatic carbocycles. The summed E-state index contributed by atoms with van der Waals surface area (Å²) >= 11 is 5.91. The van der Waals surface area contributed by atoms with E-state index in [-0.39, 0.29) is 11.4 Å². The van der Waals surface area contributed by atoms with Gasteiger partial charge in [0.2, 0.25) is 10.0 Å². The van der Waals surface area contributed by atoms with Gasteiger partial charge in [0.25, 0.3) is 0 Å². The molecule has 7 heteroatoms. The first-order valence-corrected chi connectivity index (χ1v) is 9.78. The van der Waals surface area contributed by atoms with E-state index in [1.807, 2.05) is 12.1 Å². The van der Waals surface area contributed by atoms with Crippen molar-refractivity contribution in [1.82, 2.24) is 4.72 Å². The number of carboxylic acid groups (broad SMARTS) is 1. The Morgan fingerprint density at radius 2 is 1.84 bits per heavy atom. The molecule has 0 bridgehead atoms. The van der Waals surface area contributed by atoms with E-state index < -0.39 is 21.4 Å². The molecule has 5 nitrogen and oxygen atoms in total. The van der Waals surface area contributed by atoms with Gasteiger partial charge in [0.15, 0.2) is 0 Å². The fourth-order valence-corrected chi connectivity index (χ4v) is 4.05. The van der Waals surface area contributed by atoms with Crippen LogP contribution in [-0.2, 0) is 26.7 Å². The monoisotopic (exact) mass is 379 g/mol. The summed E-state index contributed by atoms with van der Waals surface area (Å²) in [6, 6.07) is 13.4. The molecule has 0 aliphatic heterocycles. The number of rotatable bonds is 7. The first-order chi connectivity index (χ1) is 11.8. The van der Waals surface area contributed by atoms with Crippen molar-refractivity contribution >= 4 is 27.6 Å². The topological polar surface area (TPSA) is 83.5 Å². The van der Waals surface area contributed by atoms with E-state index in [0.717, 1.165) is 5.56 Å². The summed E-state index contributed by atoms with van der Waals surface area (Å²) in [5, 5.41) is 9.90. The van der Waals surface area contributed by atoms with Crippen molar-refractivity contribution in [3.8, 4) is 0 Å². The molecule has 0 amide bonds. The van der Waals surface area contributed by atoms with Gasteiger partial charge in [0, 0.05) is 11.6 Å². The molecule has 0 spiro atoms. The van der Waals surface area contributed by atoms with Gasteiger partial charge in [-0.05, 0) is 54.7 Å². The van der Waals surface area contributed by atoms with E-state index in [1.54, 1.807) is 24.3 Å². The average molecular weight is 380 g/mol. The zero-order valence-electron chi connectivity index (χ0n) is 13.4. The Labute approximate surface area is 151 Å². The second-order valence-electron chi connectivity index (χ2n) is 6.19. The summed E-state index contributed by atoms with van der Waals surface area (Å²) in [5.74, 6) is -0.859. The van der Waals surface area contributed by atoms with Crippen LogP contribution < -0.4 is 4.72 Å². The van der Waals surface area contributed by atoms with Crippen molar-refractivity contribution < 1.29 is 18.3 Å². The van der Waals surface area contributed by atoms with Crippen LogP contribution in [0.2, 0.25) is 5.02 Å². The van der Waals surface area contributed by atoms with Crippen LogP contribution in [0.5, 0.6) is 0 Å². The highest BCUT2D eigenvalue weighted by atomic mass is 35.5. The maximum atomic E-state index is 12.3. The number of carbonyl (C=O) groups is 1. The van der Waals surface area contributed by atoms with Gasteiger partial charge in [0.05, 0.1) is 10.3 Å². The molecular formula is C18H18ClNO4S. The summed E-state index contributed by atoms with van der Waals surface area (Å²) in [4.78, 5) is 11.5. The molecule has 3 rings (SSSR count). The zero-order chi connectivity index (χ0) is 18.1. The van der Waals surface area contributed by atoms with Crippen LogP contribution in [0.3, 0.4) is 0 Å². The molecule has 0 heterocycles. The predicted molar refractivity (Wildman–Crippen MR) is 95.3 cm³/mol. The summed E-state index contributed by atoms with van der Waals surface area (Å²) in [5.41, 5.74) is 0.767. The Hall–Kier alpha value is -1.89. The molecule has 25 heavy (non-hydrogen) atoms. The highest BCUT2D eigenvalue weighted by Crippen LogP contribution is 2.48. The Kier molecular flexibility index (Phi) is 4.86. The van der Waals surface area contributed by atoms with Gasteiger partial charge in [-0.25, -0.2) is 13.1 Å². The molecule has 2 aromatic rings. The lowest BCUT2D eigenvalue weighted by atomic mass is 9.96. The predicted octanol–water partition coefficient (Wildman–Crippen LogP) is 2.98. The Bertz CT molecular complexity index is 890. The third-order valence-corrected chi connectivity index (χ3v) is 6.18. The van der Waals surface area contributed by atoms with Crippen LogP contribution in [-0.4, -0.2) is 26.0 Å². The molecule has 0 aromatic heterocycles. The summed E-state index contributed by atoms with van der Waals surface area (Å²) in [6.07, 6.45) is 1.71. The molecule has 0 unspecified atom stereocenters. The highest BCUT2D eigenvalue weighted by molar-refractivity contribution is 7.89. The van der Waals surface area contributed by atoms with Crippen LogP contribution in [0.15, 0.2) is 53.4 Å². The van der Waals surface area contributed by atoms with Gasteiger partial charge in [-0.15, -0.1) is 0 Å². The van der Waals surface area contributed by atoms with Crippen LogP contribution in [0.1, 0.15) is 24.0 Å². The lowest BCUT2D eigenvalue weighted by molar-refractivity contribution is -0.140. The number of hydrogen-bond donors (Lipinski definition) is 2. The van der Waals surface area contributed by atoms with Crippen LogP contribution >= 0.6 is 11.6 Å². The first-order valence-electron chi connectivity index (χ1n) is 7.92. The Balaban J connectivity index is 1.65. The maximum absolute atomic E-state index is 12.3. The minimum absolute atomic E-state index is 0.128. The molecule has 0 saturated heterocycles. The minimum atomic E-state index is -3.63. The molecule has 0 radical (unpaired) electrons. The third kappa shape index (κ3) is 3.86. The molecule has 1 saturated carbocycles. The lowest BCUT2D eigenvalue weighted by Crippen LogP contribution is -2.26. The third-order valence-electron chi connectivity index (χ3n) is 4.47. The van der Waals surface area contributed by atoms with E-state index in [1.165, 1.54) is 12.1 Å². The molecule has 132 valence electrons. The quantitative estimate of drug-likeness (QED) is 0.774. The fraction of sp³-hybridized carbons (Fsp3) is 0.278. The second-order valence-corrected chi connectivity index (χ2v) is 8.39. The van der Waals surface area contributed by atoms with E-state index in [2.05, 4.69) is 4.72 Å². The van der Waals surface area contributed by atoms with Crippen molar-refractivity contribution in [2.45, 2.75) is 29.6 Å². The van der Waals surface area contributed by atoms with E-state index in [0.29, 0.717) is 29.8 Å². The van der Waals surface area contributed by atoms with E-state index >= 15 is 0 Å². The van der Waals surface area contributed by atoms with Gasteiger partial charge in [-0.3, -0.25) is 4.79 Å². The van der Waals surface area contributed by atoms with Gasteiger partial charge in [0.1, 0.15) is 0 Å². The number of carboxylic acids is 1. The van der Waals surface area contributed by atoms with E-state index in [9.17, 15) is 18.3 Å². The number of nitrogens with one attached hydrogen (secondary N) is 1. The maximum Gasteiger partial charge on any atom is 0.314 e. The van der Waals surface area contributed by atoms with Crippen molar-refractivity contribution in [3.63, 3.8) is 0 Å². The van der Waals surface area contributed by atoms with Gasteiger partial charge >= 0.3 is 5.97 Å². The van der Waals surface area contributed by atoms with Crippen LogP contribution in [0.25, 0.3) is 0 Å². The average Bonchev–Trinajstić information content (AvgIpc) is 3.37. The molecule has 2 N–H and O–H groups in total. The normalized spacial score (nSPS) is 15.7. The lowest BCUT2D eigenvalue weighted by Gasteiger charge is -2.11. The van der Waals surface area contributed by atoms with Gasteiger partial charge in [-0.2, -0.15) is 0 Å². The Morgan fingerprint density at radius 3 is 2.40 bits per heavy atom.